The first-order valence-corrected chi connectivity index (χ1v) is 6.38. The molecule has 4 nitrogen and oxygen atoms in total. The van der Waals surface area contributed by atoms with Gasteiger partial charge in [0.15, 0.2) is 5.82 Å². The van der Waals surface area contributed by atoms with Gasteiger partial charge >= 0.3 is 0 Å². The van der Waals surface area contributed by atoms with E-state index < -0.39 is 0 Å². The van der Waals surface area contributed by atoms with Gasteiger partial charge < -0.3 is 10.3 Å². The highest BCUT2D eigenvalue weighted by molar-refractivity contribution is 6.37. The molecule has 0 atom stereocenters. The topological polar surface area (TPSA) is 56.7 Å². The van der Waals surface area contributed by atoms with Crippen molar-refractivity contribution in [2.45, 2.75) is 20.4 Å². The molecule has 96 valence electrons. The van der Waals surface area contributed by atoms with Crippen molar-refractivity contribution in [3.05, 3.63) is 28.5 Å². The third kappa shape index (κ3) is 2.44. The Hall–Kier alpha value is -1.26. The minimum absolute atomic E-state index is 0.433. The first kappa shape index (κ1) is 13.2. The number of halogens is 2. The summed E-state index contributed by atoms with van der Waals surface area (Å²) in [6, 6.07) is 3.38. The third-order valence-corrected chi connectivity index (χ3v) is 3.19. The lowest BCUT2D eigenvalue weighted by Gasteiger charge is -2.12. The van der Waals surface area contributed by atoms with E-state index in [-0.39, 0.29) is 0 Å². The van der Waals surface area contributed by atoms with Gasteiger partial charge in [-0.3, -0.25) is 0 Å². The summed E-state index contributed by atoms with van der Waals surface area (Å²) >= 11 is 12.2. The van der Waals surface area contributed by atoms with E-state index in [2.05, 4.69) is 24.0 Å². The summed E-state index contributed by atoms with van der Waals surface area (Å²) in [5.74, 6) is 1.12. The predicted octanol–water partition coefficient (Wildman–Crippen LogP) is 3.49. The Labute approximate surface area is 116 Å². The third-order valence-electron chi connectivity index (χ3n) is 2.54. The van der Waals surface area contributed by atoms with Crippen LogP contribution in [0.15, 0.2) is 18.5 Å². The van der Waals surface area contributed by atoms with Gasteiger partial charge in [0.1, 0.15) is 6.33 Å². The lowest BCUT2D eigenvalue weighted by atomic mass is 10.1. The summed E-state index contributed by atoms with van der Waals surface area (Å²) in [6.07, 6.45) is 1.67. The van der Waals surface area contributed by atoms with E-state index in [1.807, 2.05) is 4.57 Å². The second kappa shape index (κ2) is 5.16. The van der Waals surface area contributed by atoms with E-state index in [0.717, 1.165) is 6.54 Å². The average Bonchev–Trinajstić information content (AvgIpc) is 2.72. The molecular weight excluding hydrogens is 271 g/mol. The van der Waals surface area contributed by atoms with Crippen LogP contribution in [0.2, 0.25) is 10.0 Å². The van der Waals surface area contributed by atoms with Crippen molar-refractivity contribution >= 4 is 28.9 Å². The van der Waals surface area contributed by atoms with E-state index in [1.165, 1.54) is 0 Å². The molecule has 0 bridgehead atoms. The lowest BCUT2D eigenvalue weighted by Crippen LogP contribution is -2.06. The summed E-state index contributed by atoms with van der Waals surface area (Å²) in [5, 5.41) is 9.00. The molecule has 2 aromatic rings. The van der Waals surface area contributed by atoms with Gasteiger partial charge in [0.2, 0.25) is 0 Å². The Balaban J connectivity index is 2.56. The molecular formula is C12H14Cl2N4. The van der Waals surface area contributed by atoms with Crippen LogP contribution in [0.5, 0.6) is 0 Å². The molecule has 0 spiro atoms. The number of benzene rings is 1. The first-order valence-electron chi connectivity index (χ1n) is 5.62. The Morgan fingerprint density at radius 2 is 1.94 bits per heavy atom. The molecule has 6 heteroatoms. The van der Waals surface area contributed by atoms with E-state index in [1.54, 1.807) is 18.5 Å². The second-order valence-electron chi connectivity index (χ2n) is 4.52. The molecule has 0 amide bonds. The predicted molar refractivity (Wildman–Crippen MR) is 74.7 cm³/mol. The van der Waals surface area contributed by atoms with Crippen molar-refractivity contribution in [2.75, 3.05) is 5.73 Å². The maximum absolute atomic E-state index is 6.18. The van der Waals surface area contributed by atoms with Crippen LogP contribution in [0.25, 0.3) is 11.4 Å². The van der Waals surface area contributed by atoms with E-state index >= 15 is 0 Å². The molecule has 0 aliphatic heterocycles. The summed E-state index contributed by atoms with van der Waals surface area (Å²) in [4.78, 5) is 0. The van der Waals surface area contributed by atoms with Gasteiger partial charge in [-0.25, -0.2) is 0 Å². The normalized spacial score (nSPS) is 11.2. The van der Waals surface area contributed by atoms with Crippen molar-refractivity contribution < 1.29 is 0 Å². The van der Waals surface area contributed by atoms with Gasteiger partial charge in [0, 0.05) is 6.54 Å². The summed E-state index contributed by atoms with van der Waals surface area (Å²) in [6.45, 7) is 5.03. The molecule has 0 aliphatic rings. The van der Waals surface area contributed by atoms with Crippen molar-refractivity contribution in [1.82, 2.24) is 14.8 Å². The highest BCUT2D eigenvalue weighted by Crippen LogP contribution is 2.36. The molecule has 0 saturated carbocycles. The zero-order chi connectivity index (χ0) is 13.3. The van der Waals surface area contributed by atoms with Crippen LogP contribution in [0.4, 0.5) is 5.69 Å². The number of nitrogen functional groups attached to an aromatic ring is 1. The second-order valence-corrected chi connectivity index (χ2v) is 5.33. The smallest absolute Gasteiger partial charge is 0.167 e. The highest BCUT2D eigenvalue weighted by Gasteiger charge is 2.17. The van der Waals surface area contributed by atoms with Gasteiger partial charge in [-0.1, -0.05) is 37.0 Å². The monoisotopic (exact) mass is 284 g/mol. The largest absolute Gasteiger partial charge is 0.397 e. The first-order chi connectivity index (χ1) is 8.50. The number of rotatable bonds is 3. The van der Waals surface area contributed by atoms with Crippen molar-refractivity contribution in [2.24, 2.45) is 5.92 Å². The van der Waals surface area contributed by atoms with Gasteiger partial charge in [-0.2, -0.15) is 0 Å². The molecule has 2 N–H and O–H groups in total. The molecule has 1 aromatic heterocycles. The van der Waals surface area contributed by atoms with Crippen LogP contribution in [0, 0.1) is 5.92 Å². The highest BCUT2D eigenvalue weighted by atomic mass is 35.5. The van der Waals surface area contributed by atoms with Crippen molar-refractivity contribution in [3.63, 3.8) is 0 Å². The van der Waals surface area contributed by atoms with E-state index in [4.69, 9.17) is 28.9 Å². The summed E-state index contributed by atoms with van der Waals surface area (Å²) < 4.78 is 1.93. The fourth-order valence-corrected chi connectivity index (χ4v) is 2.18. The molecule has 2 rings (SSSR count). The molecule has 0 fully saturated rings. The summed E-state index contributed by atoms with van der Waals surface area (Å²) in [7, 11) is 0. The Morgan fingerprint density at radius 1 is 1.28 bits per heavy atom. The SMILES string of the molecule is CC(C)Cn1cnnc1-c1c(Cl)ccc(Cl)c1N. The van der Waals surface area contributed by atoms with Crippen LogP contribution < -0.4 is 5.73 Å². The Morgan fingerprint density at radius 3 is 2.61 bits per heavy atom. The standard InChI is InChI=1S/C12H14Cl2N4/c1-7(2)5-18-6-16-17-12(18)10-8(13)3-4-9(14)11(10)15/h3-4,6-7H,5,15H2,1-2H3. The fourth-order valence-electron chi connectivity index (χ4n) is 1.77. The van der Waals surface area contributed by atoms with Gasteiger partial charge in [0.25, 0.3) is 0 Å². The molecule has 0 radical (unpaired) electrons. The molecule has 0 unspecified atom stereocenters. The van der Waals surface area contributed by atoms with Gasteiger partial charge in [0.05, 0.1) is 21.3 Å². The minimum Gasteiger partial charge on any atom is -0.397 e. The van der Waals surface area contributed by atoms with E-state index in [0.29, 0.717) is 33.0 Å². The maximum atomic E-state index is 6.18. The van der Waals surface area contributed by atoms with Gasteiger partial charge in [-0.15, -0.1) is 10.2 Å². The number of aromatic nitrogens is 3. The van der Waals surface area contributed by atoms with Crippen molar-refractivity contribution in [3.8, 4) is 11.4 Å². The van der Waals surface area contributed by atoms with Crippen LogP contribution >= 0.6 is 23.2 Å². The van der Waals surface area contributed by atoms with Crippen molar-refractivity contribution in [1.29, 1.82) is 0 Å². The minimum atomic E-state index is 0.433. The molecule has 1 heterocycles. The molecule has 18 heavy (non-hydrogen) atoms. The summed E-state index contributed by atoms with van der Waals surface area (Å²) in [5.41, 5.74) is 7.05. The molecule has 1 aromatic carbocycles. The van der Waals surface area contributed by atoms with E-state index in [9.17, 15) is 0 Å². The van der Waals surface area contributed by atoms with Crippen LogP contribution in [0.3, 0.4) is 0 Å². The zero-order valence-electron chi connectivity index (χ0n) is 10.2. The Kier molecular flexibility index (Phi) is 3.78. The quantitative estimate of drug-likeness (QED) is 0.878. The lowest BCUT2D eigenvalue weighted by molar-refractivity contribution is 0.525. The van der Waals surface area contributed by atoms with Crippen LogP contribution in [-0.4, -0.2) is 14.8 Å². The average molecular weight is 285 g/mol. The Bertz CT molecular complexity index is 563. The van der Waals surface area contributed by atoms with Crippen LogP contribution in [0.1, 0.15) is 13.8 Å². The molecule has 0 aliphatic carbocycles. The number of anilines is 1. The molecule has 0 saturated heterocycles. The number of nitrogens with two attached hydrogens (primary N) is 1. The number of nitrogens with zero attached hydrogens (tertiary/aromatic N) is 3. The van der Waals surface area contributed by atoms with Gasteiger partial charge in [-0.05, 0) is 18.1 Å². The zero-order valence-corrected chi connectivity index (χ0v) is 11.7. The fraction of sp³-hybridized carbons (Fsp3) is 0.333. The number of hydrogen-bond donors (Lipinski definition) is 1. The van der Waals surface area contributed by atoms with Crippen LogP contribution in [-0.2, 0) is 6.54 Å². The number of hydrogen-bond acceptors (Lipinski definition) is 3. The maximum Gasteiger partial charge on any atom is 0.167 e.